The van der Waals surface area contributed by atoms with Gasteiger partial charge >= 0.3 is 16.4 Å². The van der Waals surface area contributed by atoms with Crippen LogP contribution < -0.4 is 0 Å². The number of cyclic esters (lactones) is 1. The molecule has 6 nitrogen and oxygen atoms in total. The van der Waals surface area contributed by atoms with E-state index in [0.29, 0.717) is 0 Å². The molecule has 1 aliphatic rings. The number of carbonyl (C=O) groups is 1. The van der Waals surface area contributed by atoms with E-state index in [9.17, 15) is 13.2 Å². The average Bonchev–Trinajstić information content (AvgIpc) is 2.11. The van der Waals surface area contributed by atoms with Gasteiger partial charge in [0.2, 0.25) is 0 Å². The fourth-order valence-corrected chi connectivity index (χ4v) is 1.14. The fraction of sp³-hybridized carbons (Fsp3) is 0.667. The van der Waals surface area contributed by atoms with E-state index >= 15 is 0 Å². The number of rotatable bonds is 1. The van der Waals surface area contributed by atoms with Crippen molar-refractivity contribution < 1.29 is 22.5 Å². The van der Waals surface area contributed by atoms with E-state index < -0.39 is 16.4 Å². The van der Waals surface area contributed by atoms with Gasteiger partial charge in [0.05, 0.1) is 6.54 Å². The molecule has 1 fully saturated rings. The van der Waals surface area contributed by atoms with Gasteiger partial charge in [0.25, 0.3) is 0 Å². The standard InChI is InChI=1S/C3H5NO5S/c5-3-4(1-2-9-3)10(6,7)8/h1-2H2,(H,6,7,8). The highest BCUT2D eigenvalue weighted by atomic mass is 32.2. The Bertz CT molecular complexity index is 244. The van der Waals surface area contributed by atoms with Crippen molar-refractivity contribution in [3.05, 3.63) is 0 Å². The van der Waals surface area contributed by atoms with E-state index in [1.807, 2.05) is 0 Å². The lowest BCUT2D eigenvalue weighted by atomic mass is 10.7. The van der Waals surface area contributed by atoms with Crippen molar-refractivity contribution in [1.29, 1.82) is 0 Å². The second-order valence-electron chi connectivity index (χ2n) is 1.66. The van der Waals surface area contributed by atoms with E-state index in [2.05, 4.69) is 4.74 Å². The summed E-state index contributed by atoms with van der Waals surface area (Å²) >= 11 is 0. The number of hydrogen-bond donors (Lipinski definition) is 1. The summed E-state index contributed by atoms with van der Waals surface area (Å²) in [5.41, 5.74) is 0. The highest BCUT2D eigenvalue weighted by Crippen LogP contribution is 2.06. The molecule has 0 radical (unpaired) electrons. The molecule has 1 rings (SSSR count). The SMILES string of the molecule is O=C1OCCN1S(=O)(=O)O. The number of ether oxygens (including phenoxy) is 1. The molecule has 0 unspecified atom stereocenters. The van der Waals surface area contributed by atoms with Crippen molar-refractivity contribution in [3.8, 4) is 0 Å². The minimum Gasteiger partial charge on any atom is -0.447 e. The first-order valence-electron chi connectivity index (χ1n) is 2.44. The number of nitrogens with zero attached hydrogens (tertiary/aromatic N) is 1. The van der Waals surface area contributed by atoms with E-state index in [1.54, 1.807) is 0 Å². The molecule has 1 N–H and O–H groups in total. The fourth-order valence-electron chi connectivity index (χ4n) is 0.589. The molecule has 0 aromatic carbocycles. The Hall–Kier alpha value is -0.820. The van der Waals surface area contributed by atoms with Gasteiger partial charge in [-0.3, -0.25) is 4.55 Å². The number of carbonyl (C=O) groups excluding carboxylic acids is 1. The minimum absolute atomic E-state index is 0.00137. The predicted octanol–water partition coefficient (Wildman–Crippen LogP) is -0.759. The van der Waals surface area contributed by atoms with Crippen molar-refractivity contribution in [1.82, 2.24) is 4.31 Å². The predicted molar refractivity (Wildman–Crippen MR) is 29.6 cm³/mol. The molecule has 0 saturated carbocycles. The molecule has 0 atom stereocenters. The van der Waals surface area contributed by atoms with E-state index in [0.717, 1.165) is 0 Å². The van der Waals surface area contributed by atoms with Crippen LogP contribution in [0, 0.1) is 0 Å². The molecular weight excluding hydrogens is 162 g/mol. The van der Waals surface area contributed by atoms with E-state index in [4.69, 9.17) is 4.55 Å². The summed E-state index contributed by atoms with van der Waals surface area (Å²) in [6.07, 6.45) is -1.03. The Morgan fingerprint density at radius 1 is 1.60 bits per heavy atom. The monoisotopic (exact) mass is 167 g/mol. The van der Waals surface area contributed by atoms with Gasteiger partial charge < -0.3 is 4.74 Å². The van der Waals surface area contributed by atoms with Gasteiger partial charge in [-0.2, -0.15) is 12.7 Å². The molecule has 0 bridgehead atoms. The number of amides is 1. The lowest BCUT2D eigenvalue weighted by Crippen LogP contribution is -2.30. The zero-order valence-corrected chi connectivity index (χ0v) is 5.67. The van der Waals surface area contributed by atoms with Crippen LogP contribution in [0.3, 0.4) is 0 Å². The molecule has 10 heavy (non-hydrogen) atoms. The molecule has 7 heteroatoms. The average molecular weight is 167 g/mol. The summed E-state index contributed by atoms with van der Waals surface area (Å²) in [5.74, 6) is 0. The molecule has 0 aromatic rings. The first kappa shape index (κ1) is 7.29. The third-order valence-electron chi connectivity index (χ3n) is 1.00. The molecular formula is C3H5NO5S. The zero-order valence-electron chi connectivity index (χ0n) is 4.85. The smallest absolute Gasteiger partial charge is 0.425 e. The van der Waals surface area contributed by atoms with Crippen molar-refractivity contribution in [2.24, 2.45) is 0 Å². The highest BCUT2D eigenvalue weighted by Gasteiger charge is 2.31. The molecule has 1 amide bonds. The van der Waals surface area contributed by atoms with Gasteiger partial charge in [-0.05, 0) is 0 Å². The van der Waals surface area contributed by atoms with Crippen LogP contribution in [0.15, 0.2) is 0 Å². The summed E-state index contributed by atoms with van der Waals surface area (Å²) in [5, 5.41) is 0. The second kappa shape index (κ2) is 2.10. The van der Waals surface area contributed by atoms with Gasteiger partial charge in [-0.25, -0.2) is 4.79 Å². The Kier molecular flexibility index (Phi) is 1.53. The van der Waals surface area contributed by atoms with Crippen LogP contribution in [0.1, 0.15) is 0 Å². The molecule has 0 aliphatic carbocycles. The maximum atomic E-state index is 10.4. The first-order valence-corrected chi connectivity index (χ1v) is 3.83. The number of hydrogen-bond acceptors (Lipinski definition) is 4. The summed E-state index contributed by atoms with van der Waals surface area (Å²) in [6, 6.07) is 0. The molecule has 1 heterocycles. The Balaban J connectivity index is 2.84. The third kappa shape index (κ3) is 1.19. The van der Waals surface area contributed by atoms with Gasteiger partial charge in [0.1, 0.15) is 6.61 Å². The lowest BCUT2D eigenvalue weighted by molar-refractivity contribution is 0.168. The molecule has 1 aliphatic heterocycles. The molecule has 58 valence electrons. The first-order chi connectivity index (χ1) is 4.52. The van der Waals surface area contributed by atoms with Crippen molar-refractivity contribution in [2.45, 2.75) is 0 Å². The normalized spacial score (nSPS) is 19.3. The van der Waals surface area contributed by atoms with Crippen LogP contribution >= 0.6 is 0 Å². The van der Waals surface area contributed by atoms with Crippen LogP contribution in [0.4, 0.5) is 4.79 Å². The topological polar surface area (TPSA) is 83.9 Å². The van der Waals surface area contributed by atoms with Gasteiger partial charge in [-0.1, -0.05) is 0 Å². The van der Waals surface area contributed by atoms with Crippen LogP contribution in [-0.2, 0) is 15.0 Å². The molecule has 0 spiro atoms. The van der Waals surface area contributed by atoms with Crippen LogP contribution in [0.2, 0.25) is 0 Å². The van der Waals surface area contributed by atoms with Gasteiger partial charge in [0, 0.05) is 0 Å². The van der Waals surface area contributed by atoms with Crippen LogP contribution in [-0.4, -0.2) is 36.5 Å². The van der Waals surface area contributed by atoms with Gasteiger partial charge in [0.15, 0.2) is 0 Å². The van der Waals surface area contributed by atoms with Crippen LogP contribution in [0.25, 0.3) is 0 Å². The Labute approximate surface area is 57.3 Å². The highest BCUT2D eigenvalue weighted by molar-refractivity contribution is 7.84. The van der Waals surface area contributed by atoms with E-state index in [-0.39, 0.29) is 17.5 Å². The quantitative estimate of drug-likeness (QED) is 0.519. The summed E-state index contributed by atoms with van der Waals surface area (Å²) in [4.78, 5) is 10.4. The Morgan fingerprint density at radius 3 is 2.40 bits per heavy atom. The maximum Gasteiger partial charge on any atom is 0.425 e. The largest absolute Gasteiger partial charge is 0.447 e. The van der Waals surface area contributed by atoms with Gasteiger partial charge in [-0.15, -0.1) is 0 Å². The van der Waals surface area contributed by atoms with Crippen LogP contribution in [0.5, 0.6) is 0 Å². The van der Waals surface area contributed by atoms with Crippen molar-refractivity contribution >= 4 is 16.4 Å². The molecule has 0 aromatic heterocycles. The lowest BCUT2D eigenvalue weighted by Gasteiger charge is -2.05. The van der Waals surface area contributed by atoms with Crippen molar-refractivity contribution in [2.75, 3.05) is 13.2 Å². The Morgan fingerprint density at radius 2 is 2.20 bits per heavy atom. The second-order valence-corrected chi connectivity index (χ2v) is 3.00. The maximum absolute atomic E-state index is 10.4. The zero-order chi connectivity index (χ0) is 7.78. The summed E-state index contributed by atoms with van der Waals surface area (Å²) < 4.78 is 33.2. The minimum atomic E-state index is -4.39. The summed E-state index contributed by atoms with van der Waals surface area (Å²) in [6.45, 7) is -0.115. The molecule has 1 saturated heterocycles. The summed E-state index contributed by atoms with van der Waals surface area (Å²) in [7, 11) is -4.39. The third-order valence-corrected chi connectivity index (χ3v) is 1.89. The van der Waals surface area contributed by atoms with Crippen molar-refractivity contribution in [3.63, 3.8) is 0 Å². The van der Waals surface area contributed by atoms with E-state index in [1.165, 1.54) is 0 Å².